The Balaban J connectivity index is 2.07. The summed E-state index contributed by atoms with van der Waals surface area (Å²) in [5.41, 5.74) is 7.86. The summed E-state index contributed by atoms with van der Waals surface area (Å²) in [6.07, 6.45) is 0. The fourth-order valence-electron chi connectivity index (χ4n) is 1.40. The highest BCUT2D eigenvalue weighted by atomic mass is 79.9. The van der Waals surface area contributed by atoms with E-state index in [0.29, 0.717) is 0 Å². The molecule has 0 aliphatic rings. The van der Waals surface area contributed by atoms with Gasteiger partial charge in [0.15, 0.2) is 0 Å². The summed E-state index contributed by atoms with van der Waals surface area (Å²) in [6, 6.07) is 14.3. The highest BCUT2D eigenvalue weighted by molar-refractivity contribution is 9.11. The first kappa shape index (κ1) is 13.0. The van der Waals surface area contributed by atoms with Gasteiger partial charge < -0.3 is 5.73 Å². The van der Waals surface area contributed by atoms with Gasteiger partial charge >= 0.3 is 0 Å². The van der Waals surface area contributed by atoms with E-state index in [1.807, 2.05) is 12.1 Å². The predicted octanol–water partition coefficient (Wildman–Crippen LogP) is 5.09. The van der Waals surface area contributed by atoms with Crippen molar-refractivity contribution in [3.05, 3.63) is 57.0 Å². The Hall–Kier alpha value is -0.450. The van der Waals surface area contributed by atoms with Gasteiger partial charge in [-0.3, -0.25) is 0 Å². The average Bonchev–Trinajstić information content (AvgIpc) is 2.33. The number of halogens is 2. The van der Waals surface area contributed by atoms with E-state index in [4.69, 9.17) is 5.73 Å². The molecule has 0 aromatic heterocycles. The number of rotatable bonds is 3. The summed E-state index contributed by atoms with van der Waals surface area (Å²) in [7, 11) is 0. The summed E-state index contributed by atoms with van der Waals surface area (Å²) in [4.78, 5) is 1.25. The van der Waals surface area contributed by atoms with Crippen molar-refractivity contribution < 1.29 is 0 Å². The molecule has 4 heteroatoms. The van der Waals surface area contributed by atoms with Crippen LogP contribution >= 0.6 is 43.6 Å². The highest BCUT2D eigenvalue weighted by Crippen LogP contribution is 2.30. The van der Waals surface area contributed by atoms with E-state index < -0.39 is 0 Å². The predicted molar refractivity (Wildman–Crippen MR) is 82.3 cm³/mol. The van der Waals surface area contributed by atoms with Crippen LogP contribution in [0.2, 0.25) is 0 Å². The molecule has 2 aromatic carbocycles. The standard InChI is InChI=1S/C13H11Br2NS/c14-10-4-6-11(7-5-10)17-8-9-2-1-3-12(16)13(9)15/h1-7H,8,16H2. The number of benzene rings is 2. The fourth-order valence-corrected chi connectivity index (χ4v) is 3.15. The second-order valence-corrected chi connectivity index (χ2v) is 6.32. The van der Waals surface area contributed by atoms with Crippen molar-refractivity contribution in [1.82, 2.24) is 0 Å². The first-order valence-electron chi connectivity index (χ1n) is 5.08. The number of hydrogen-bond donors (Lipinski definition) is 1. The van der Waals surface area contributed by atoms with Crippen LogP contribution in [-0.2, 0) is 5.75 Å². The van der Waals surface area contributed by atoms with E-state index in [2.05, 4.69) is 62.2 Å². The number of thioether (sulfide) groups is 1. The van der Waals surface area contributed by atoms with Gasteiger partial charge in [-0.25, -0.2) is 0 Å². The summed E-state index contributed by atoms with van der Waals surface area (Å²) in [6.45, 7) is 0. The minimum atomic E-state index is 0.791. The van der Waals surface area contributed by atoms with Crippen molar-refractivity contribution in [2.75, 3.05) is 5.73 Å². The molecule has 0 fully saturated rings. The molecule has 2 N–H and O–H groups in total. The van der Waals surface area contributed by atoms with Crippen LogP contribution in [0.15, 0.2) is 56.3 Å². The van der Waals surface area contributed by atoms with Crippen molar-refractivity contribution >= 4 is 49.3 Å². The molecular weight excluding hydrogens is 362 g/mol. The molecule has 88 valence electrons. The second kappa shape index (κ2) is 5.94. The molecule has 0 aliphatic carbocycles. The lowest BCUT2D eigenvalue weighted by atomic mass is 10.2. The topological polar surface area (TPSA) is 26.0 Å². The quantitative estimate of drug-likeness (QED) is 0.600. The van der Waals surface area contributed by atoms with Gasteiger partial charge in [-0.15, -0.1) is 11.8 Å². The third-order valence-electron chi connectivity index (χ3n) is 2.32. The fraction of sp³-hybridized carbons (Fsp3) is 0.0769. The van der Waals surface area contributed by atoms with Crippen molar-refractivity contribution in [3.8, 4) is 0 Å². The normalized spacial score (nSPS) is 10.5. The van der Waals surface area contributed by atoms with Crippen molar-refractivity contribution in [3.63, 3.8) is 0 Å². The Labute approximate surface area is 122 Å². The van der Waals surface area contributed by atoms with Crippen LogP contribution < -0.4 is 5.73 Å². The van der Waals surface area contributed by atoms with Crippen LogP contribution in [-0.4, -0.2) is 0 Å². The Bertz CT molecular complexity index is 511. The first-order chi connectivity index (χ1) is 8.16. The van der Waals surface area contributed by atoms with Gasteiger partial charge in [0.2, 0.25) is 0 Å². The minimum Gasteiger partial charge on any atom is -0.398 e. The molecule has 1 nitrogen and oxygen atoms in total. The number of nitrogen functional groups attached to an aromatic ring is 1. The lowest BCUT2D eigenvalue weighted by Gasteiger charge is -2.06. The van der Waals surface area contributed by atoms with Gasteiger partial charge in [0.1, 0.15) is 0 Å². The molecule has 2 rings (SSSR count). The van der Waals surface area contributed by atoms with E-state index in [0.717, 1.165) is 20.4 Å². The van der Waals surface area contributed by atoms with E-state index in [1.165, 1.54) is 10.5 Å². The largest absolute Gasteiger partial charge is 0.398 e. The third-order valence-corrected chi connectivity index (χ3v) is 4.87. The van der Waals surface area contributed by atoms with E-state index >= 15 is 0 Å². The van der Waals surface area contributed by atoms with E-state index in [9.17, 15) is 0 Å². The van der Waals surface area contributed by atoms with Crippen LogP contribution in [0, 0.1) is 0 Å². The molecule has 0 saturated carbocycles. The molecule has 0 aliphatic heterocycles. The molecule has 0 atom stereocenters. The van der Waals surface area contributed by atoms with Crippen LogP contribution in [0.3, 0.4) is 0 Å². The lowest BCUT2D eigenvalue weighted by Crippen LogP contribution is -1.90. The van der Waals surface area contributed by atoms with E-state index in [-0.39, 0.29) is 0 Å². The summed E-state index contributed by atoms with van der Waals surface area (Å²) in [5.74, 6) is 0.910. The first-order valence-corrected chi connectivity index (χ1v) is 7.65. The zero-order valence-corrected chi connectivity index (χ0v) is 13.0. The summed E-state index contributed by atoms with van der Waals surface area (Å²) >= 11 is 8.75. The minimum absolute atomic E-state index is 0.791. The Morgan fingerprint density at radius 2 is 1.71 bits per heavy atom. The van der Waals surface area contributed by atoms with Gasteiger partial charge in [0.25, 0.3) is 0 Å². The molecular formula is C13H11Br2NS. The molecule has 0 amide bonds. The number of nitrogens with two attached hydrogens (primary N) is 1. The zero-order valence-electron chi connectivity index (χ0n) is 8.99. The van der Waals surface area contributed by atoms with Gasteiger partial charge in [0.05, 0.1) is 0 Å². The maximum absolute atomic E-state index is 5.85. The summed E-state index contributed by atoms with van der Waals surface area (Å²) < 4.78 is 2.11. The maximum atomic E-state index is 5.85. The molecule has 0 heterocycles. The van der Waals surface area contributed by atoms with Crippen LogP contribution in [0.4, 0.5) is 5.69 Å². The van der Waals surface area contributed by atoms with Gasteiger partial charge in [-0.2, -0.15) is 0 Å². The maximum Gasteiger partial charge on any atom is 0.0461 e. The SMILES string of the molecule is Nc1cccc(CSc2ccc(Br)cc2)c1Br. The van der Waals surface area contributed by atoms with Crippen LogP contribution in [0.5, 0.6) is 0 Å². The average molecular weight is 373 g/mol. The molecule has 2 aromatic rings. The summed E-state index contributed by atoms with van der Waals surface area (Å²) in [5, 5.41) is 0. The molecule has 0 spiro atoms. The Morgan fingerprint density at radius 1 is 1.00 bits per heavy atom. The zero-order chi connectivity index (χ0) is 12.3. The van der Waals surface area contributed by atoms with Crippen molar-refractivity contribution in [1.29, 1.82) is 0 Å². The van der Waals surface area contributed by atoms with Crippen LogP contribution in [0.25, 0.3) is 0 Å². The highest BCUT2D eigenvalue weighted by Gasteiger charge is 2.03. The van der Waals surface area contributed by atoms with E-state index in [1.54, 1.807) is 11.8 Å². The van der Waals surface area contributed by atoms with Gasteiger partial charge in [0, 0.05) is 25.3 Å². The lowest BCUT2D eigenvalue weighted by molar-refractivity contribution is 1.36. The number of hydrogen-bond acceptors (Lipinski definition) is 2. The van der Waals surface area contributed by atoms with Gasteiger partial charge in [-0.05, 0) is 51.8 Å². The molecule has 0 bridgehead atoms. The van der Waals surface area contributed by atoms with Gasteiger partial charge in [-0.1, -0.05) is 28.1 Å². The third kappa shape index (κ3) is 3.50. The van der Waals surface area contributed by atoms with Crippen molar-refractivity contribution in [2.45, 2.75) is 10.6 Å². The Kier molecular flexibility index (Phi) is 4.54. The molecule has 17 heavy (non-hydrogen) atoms. The monoisotopic (exact) mass is 371 g/mol. The van der Waals surface area contributed by atoms with Crippen LogP contribution in [0.1, 0.15) is 5.56 Å². The second-order valence-electron chi connectivity index (χ2n) is 3.56. The van der Waals surface area contributed by atoms with Crippen molar-refractivity contribution in [2.24, 2.45) is 0 Å². The Morgan fingerprint density at radius 3 is 2.41 bits per heavy atom. The molecule has 0 saturated heterocycles. The molecule has 0 radical (unpaired) electrons. The number of anilines is 1. The smallest absolute Gasteiger partial charge is 0.0461 e. The molecule has 0 unspecified atom stereocenters.